The van der Waals surface area contributed by atoms with E-state index in [-0.39, 0.29) is 17.3 Å². The molecule has 0 aliphatic rings. The minimum absolute atomic E-state index is 0.0120. The van der Waals surface area contributed by atoms with Gasteiger partial charge in [0.15, 0.2) is 0 Å². The van der Waals surface area contributed by atoms with Gasteiger partial charge >= 0.3 is 12.0 Å². The van der Waals surface area contributed by atoms with Crippen LogP contribution >= 0.6 is 0 Å². The van der Waals surface area contributed by atoms with Gasteiger partial charge in [0.1, 0.15) is 18.4 Å². The molecule has 0 saturated carbocycles. The van der Waals surface area contributed by atoms with Crippen molar-refractivity contribution >= 4 is 17.2 Å². The molecule has 1 N–H and O–H groups in total. The van der Waals surface area contributed by atoms with E-state index in [1.807, 2.05) is 0 Å². The van der Waals surface area contributed by atoms with E-state index in [2.05, 4.69) is 25.0 Å². The molecule has 3 rings (SSSR count). The highest BCUT2D eigenvalue weighted by molar-refractivity contribution is 5.70. The lowest BCUT2D eigenvalue weighted by atomic mass is 10.3. The van der Waals surface area contributed by atoms with Crippen LogP contribution in [0.1, 0.15) is 0 Å². The summed E-state index contributed by atoms with van der Waals surface area (Å²) in [6.45, 7) is 0. The van der Waals surface area contributed by atoms with E-state index in [0.717, 1.165) is 18.5 Å². The van der Waals surface area contributed by atoms with Crippen molar-refractivity contribution in [1.29, 1.82) is 0 Å². The zero-order valence-electron chi connectivity index (χ0n) is 12.7. The van der Waals surface area contributed by atoms with Crippen LogP contribution in [0, 0.1) is 10.1 Å². The van der Waals surface area contributed by atoms with Crippen LogP contribution in [0.4, 0.5) is 30.4 Å². The largest absolute Gasteiger partial charge is 0.573 e. The molecule has 0 radical (unpaired) electrons. The number of anilines is 2. The lowest BCUT2D eigenvalue weighted by Crippen LogP contribution is -2.17. The highest BCUT2D eigenvalue weighted by Crippen LogP contribution is 2.31. The van der Waals surface area contributed by atoms with Crippen LogP contribution in [0.15, 0.2) is 49.3 Å². The summed E-state index contributed by atoms with van der Waals surface area (Å²) < 4.78 is 41.6. The molecule has 0 aliphatic heterocycles. The predicted molar refractivity (Wildman–Crippen MR) is 82.2 cm³/mol. The number of ether oxygens (including phenoxy) is 1. The van der Waals surface area contributed by atoms with Crippen molar-refractivity contribution < 1.29 is 22.8 Å². The zero-order chi connectivity index (χ0) is 18.7. The van der Waals surface area contributed by atoms with Crippen molar-refractivity contribution in [2.24, 2.45) is 0 Å². The van der Waals surface area contributed by atoms with Gasteiger partial charge in [-0.1, -0.05) is 0 Å². The predicted octanol–water partition coefficient (Wildman–Crippen LogP) is 3.21. The van der Waals surface area contributed by atoms with Crippen LogP contribution in [-0.2, 0) is 0 Å². The number of halogens is 3. The molecule has 0 bridgehead atoms. The lowest BCUT2D eigenvalue weighted by molar-refractivity contribution is -0.384. The first-order chi connectivity index (χ1) is 12.3. The minimum Gasteiger partial charge on any atom is -0.406 e. The normalized spacial score (nSPS) is 11.2. The molecule has 0 aliphatic carbocycles. The number of alkyl halides is 3. The quantitative estimate of drug-likeness (QED) is 0.545. The van der Waals surface area contributed by atoms with Gasteiger partial charge in [0.25, 0.3) is 0 Å². The van der Waals surface area contributed by atoms with Gasteiger partial charge in [-0.25, -0.2) is 15.0 Å². The second kappa shape index (κ2) is 6.66. The number of nitrogens with one attached hydrogen (secondary N) is 1. The van der Waals surface area contributed by atoms with Crippen LogP contribution in [0.25, 0.3) is 5.82 Å². The molecule has 2 aromatic heterocycles. The Balaban J connectivity index is 1.90. The van der Waals surface area contributed by atoms with Gasteiger partial charge in [-0.2, -0.15) is 0 Å². The fourth-order valence-electron chi connectivity index (χ4n) is 2.08. The average Bonchev–Trinajstić information content (AvgIpc) is 3.09. The van der Waals surface area contributed by atoms with E-state index in [4.69, 9.17) is 0 Å². The lowest BCUT2D eigenvalue weighted by Gasteiger charge is -2.11. The summed E-state index contributed by atoms with van der Waals surface area (Å²) in [5.74, 6) is -0.556. The standard InChI is InChI=1S/C14H9F3N6O3/c15-14(16,17)26-10-3-1-9(2-4-10)21-12-11(23(24)25)13(20-7-19-12)22-6-5-18-8-22/h1-8H,(H,19,20,21). The number of hydrogen-bond acceptors (Lipinski definition) is 7. The van der Waals surface area contributed by atoms with E-state index in [0.29, 0.717) is 0 Å². The topological polar surface area (TPSA) is 108 Å². The van der Waals surface area contributed by atoms with E-state index in [1.54, 1.807) is 0 Å². The Kier molecular flexibility index (Phi) is 4.39. The molecular weight excluding hydrogens is 357 g/mol. The number of hydrogen-bond donors (Lipinski definition) is 1. The highest BCUT2D eigenvalue weighted by Gasteiger charge is 2.31. The van der Waals surface area contributed by atoms with Crippen molar-refractivity contribution in [1.82, 2.24) is 19.5 Å². The van der Waals surface area contributed by atoms with Gasteiger partial charge in [-0.15, -0.1) is 13.2 Å². The van der Waals surface area contributed by atoms with E-state index >= 15 is 0 Å². The van der Waals surface area contributed by atoms with Crippen LogP contribution in [-0.4, -0.2) is 30.8 Å². The van der Waals surface area contributed by atoms with Crippen LogP contribution < -0.4 is 10.1 Å². The monoisotopic (exact) mass is 366 g/mol. The maximum atomic E-state index is 12.2. The van der Waals surface area contributed by atoms with Gasteiger partial charge in [-0.3, -0.25) is 14.7 Å². The number of imidazole rings is 1. The third kappa shape index (κ3) is 3.85. The number of nitro groups is 1. The molecular formula is C14H9F3N6O3. The first-order valence-corrected chi connectivity index (χ1v) is 6.94. The Morgan fingerprint density at radius 1 is 1.19 bits per heavy atom. The van der Waals surface area contributed by atoms with Crippen molar-refractivity contribution in [3.63, 3.8) is 0 Å². The SMILES string of the molecule is O=[N+]([O-])c1c(Nc2ccc(OC(F)(F)F)cc2)ncnc1-n1ccnc1. The van der Waals surface area contributed by atoms with Gasteiger partial charge in [0.2, 0.25) is 11.6 Å². The van der Waals surface area contributed by atoms with Crippen molar-refractivity contribution in [3.05, 3.63) is 59.4 Å². The van der Waals surface area contributed by atoms with Crippen LogP contribution in [0.2, 0.25) is 0 Å². The molecule has 0 saturated heterocycles. The summed E-state index contributed by atoms with van der Waals surface area (Å²) in [4.78, 5) is 22.3. The number of benzene rings is 1. The average molecular weight is 366 g/mol. The van der Waals surface area contributed by atoms with Crippen LogP contribution in [0.5, 0.6) is 5.75 Å². The van der Waals surface area contributed by atoms with Gasteiger partial charge in [0, 0.05) is 18.1 Å². The van der Waals surface area contributed by atoms with Gasteiger partial charge < -0.3 is 10.1 Å². The summed E-state index contributed by atoms with van der Waals surface area (Å²) in [7, 11) is 0. The van der Waals surface area contributed by atoms with Crippen molar-refractivity contribution in [3.8, 4) is 11.6 Å². The molecule has 0 fully saturated rings. The number of rotatable bonds is 5. The zero-order valence-corrected chi connectivity index (χ0v) is 12.7. The van der Waals surface area contributed by atoms with E-state index < -0.39 is 22.7 Å². The molecule has 26 heavy (non-hydrogen) atoms. The summed E-state index contributed by atoms with van der Waals surface area (Å²) in [5.41, 5.74) is -0.140. The third-order valence-electron chi connectivity index (χ3n) is 3.09. The summed E-state index contributed by atoms with van der Waals surface area (Å²) >= 11 is 0. The fraction of sp³-hybridized carbons (Fsp3) is 0.0714. The summed E-state index contributed by atoms with van der Waals surface area (Å²) in [5, 5.41) is 14.1. The Labute approximate surface area is 143 Å². The Morgan fingerprint density at radius 2 is 1.92 bits per heavy atom. The first-order valence-electron chi connectivity index (χ1n) is 6.94. The Morgan fingerprint density at radius 3 is 2.50 bits per heavy atom. The number of aromatic nitrogens is 4. The molecule has 0 amide bonds. The third-order valence-corrected chi connectivity index (χ3v) is 3.09. The minimum atomic E-state index is -4.81. The molecule has 3 aromatic rings. The highest BCUT2D eigenvalue weighted by atomic mass is 19.4. The fourth-order valence-corrected chi connectivity index (χ4v) is 2.08. The molecule has 9 nitrogen and oxygen atoms in total. The first kappa shape index (κ1) is 17.1. The summed E-state index contributed by atoms with van der Waals surface area (Å²) in [6, 6.07) is 4.67. The second-order valence-electron chi connectivity index (χ2n) is 4.82. The maximum Gasteiger partial charge on any atom is 0.573 e. The Bertz CT molecular complexity index is 913. The molecule has 1 aromatic carbocycles. The second-order valence-corrected chi connectivity index (χ2v) is 4.82. The molecule has 12 heteroatoms. The van der Waals surface area contributed by atoms with E-state index in [1.165, 1.54) is 35.4 Å². The molecule has 2 heterocycles. The van der Waals surface area contributed by atoms with Gasteiger partial charge in [-0.05, 0) is 24.3 Å². The van der Waals surface area contributed by atoms with Crippen molar-refractivity contribution in [2.45, 2.75) is 6.36 Å². The number of nitrogens with zero attached hydrogens (tertiary/aromatic N) is 5. The maximum absolute atomic E-state index is 12.2. The summed E-state index contributed by atoms with van der Waals surface area (Å²) in [6.07, 6.45) is 0.551. The smallest absolute Gasteiger partial charge is 0.406 e. The Hall–Kier alpha value is -3.70. The molecule has 0 atom stereocenters. The van der Waals surface area contributed by atoms with Gasteiger partial charge in [0.05, 0.1) is 4.92 Å². The molecule has 134 valence electrons. The van der Waals surface area contributed by atoms with Crippen LogP contribution in [0.3, 0.4) is 0 Å². The molecule has 0 unspecified atom stereocenters. The molecule has 0 spiro atoms. The van der Waals surface area contributed by atoms with Crippen molar-refractivity contribution in [2.75, 3.05) is 5.32 Å². The van der Waals surface area contributed by atoms with E-state index in [9.17, 15) is 23.3 Å².